The van der Waals surface area contributed by atoms with Crippen LogP contribution in [0.1, 0.15) is 11.3 Å². The maximum Gasteiger partial charge on any atom is 0.145 e. The Morgan fingerprint density at radius 2 is 2.00 bits per heavy atom. The maximum absolute atomic E-state index is 10.6. The van der Waals surface area contributed by atoms with Crippen LogP contribution in [0.25, 0.3) is 0 Å². The average molecular weight is 217 g/mol. The minimum Gasteiger partial charge on any atom is -0.377 e. The van der Waals surface area contributed by atoms with E-state index < -0.39 is 5.60 Å². The smallest absolute Gasteiger partial charge is 0.145 e. The highest BCUT2D eigenvalue weighted by Gasteiger charge is 2.32. The van der Waals surface area contributed by atoms with Gasteiger partial charge in [-0.15, -0.1) is 0 Å². The topological polar surface area (TPSA) is 64.1 Å². The molecule has 1 atom stereocenters. The van der Waals surface area contributed by atoms with E-state index in [9.17, 15) is 5.11 Å². The lowest BCUT2D eigenvalue weighted by Crippen LogP contribution is -2.36. The van der Waals surface area contributed by atoms with Crippen LogP contribution in [0.4, 0.5) is 0 Å². The number of nitrogens with two attached hydrogens (primary N) is 1. The molecular formula is C12H15N3O. The summed E-state index contributed by atoms with van der Waals surface area (Å²) in [5.74, 6) is 0. The summed E-state index contributed by atoms with van der Waals surface area (Å²) in [5.41, 5.74) is 5.81. The van der Waals surface area contributed by atoms with Gasteiger partial charge in [0.2, 0.25) is 0 Å². The van der Waals surface area contributed by atoms with Gasteiger partial charge in [0.05, 0.1) is 5.69 Å². The molecule has 0 fully saturated rings. The minimum absolute atomic E-state index is 0.105. The van der Waals surface area contributed by atoms with Crippen molar-refractivity contribution in [3.8, 4) is 0 Å². The van der Waals surface area contributed by atoms with Gasteiger partial charge in [-0.25, -0.2) is 0 Å². The van der Waals surface area contributed by atoms with Crippen LogP contribution in [0.3, 0.4) is 0 Å². The third-order valence-electron chi connectivity index (χ3n) is 2.68. The van der Waals surface area contributed by atoms with E-state index in [1.165, 1.54) is 0 Å². The average Bonchev–Trinajstić information content (AvgIpc) is 2.76. The zero-order valence-electron chi connectivity index (χ0n) is 9.17. The molecule has 2 aromatic rings. The molecule has 0 spiro atoms. The van der Waals surface area contributed by atoms with E-state index in [1.54, 1.807) is 16.9 Å². The Balaban J connectivity index is 2.48. The van der Waals surface area contributed by atoms with Crippen molar-refractivity contribution < 1.29 is 5.11 Å². The maximum atomic E-state index is 10.6. The van der Waals surface area contributed by atoms with Crippen molar-refractivity contribution >= 4 is 0 Å². The number of rotatable bonds is 3. The molecule has 4 heteroatoms. The van der Waals surface area contributed by atoms with Crippen molar-refractivity contribution in [2.24, 2.45) is 12.8 Å². The molecule has 3 N–H and O–H groups in total. The molecule has 1 aromatic carbocycles. The summed E-state index contributed by atoms with van der Waals surface area (Å²) >= 11 is 0. The third kappa shape index (κ3) is 1.73. The van der Waals surface area contributed by atoms with Gasteiger partial charge in [-0.2, -0.15) is 5.10 Å². The summed E-state index contributed by atoms with van der Waals surface area (Å²) < 4.78 is 1.65. The molecule has 1 heterocycles. The third-order valence-corrected chi connectivity index (χ3v) is 2.68. The summed E-state index contributed by atoms with van der Waals surface area (Å²) in [6.45, 7) is 0.105. The van der Waals surface area contributed by atoms with Crippen LogP contribution in [0.15, 0.2) is 42.6 Å². The molecule has 0 saturated carbocycles. The normalized spacial score (nSPS) is 14.7. The number of aliphatic hydroxyl groups is 1. The van der Waals surface area contributed by atoms with Crippen LogP contribution in [0.2, 0.25) is 0 Å². The summed E-state index contributed by atoms with van der Waals surface area (Å²) in [6, 6.07) is 11.1. The molecule has 0 aliphatic carbocycles. The molecule has 2 rings (SSSR count). The molecule has 0 saturated heterocycles. The zero-order valence-corrected chi connectivity index (χ0v) is 9.17. The fraction of sp³-hybridized carbons (Fsp3) is 0.250. The molecular weight excluding hydrogens is 202 g/mol. The van der Waals surface area contributed by atoms with E-state index in [4.69, 9.17) is 5.73 Å². The second kappa shape index (κ2) is 4.08. The first-order valence-electron chi connectivity index (χ1n) is 5.15. The molecule has 1 aromatic heterocycles. The van der Waals surface area contributed by atoms with Crippen molar-refractivity contribution in [3.05, 3.63) is 53.9 Å². The second-order valence-corrected chi connectivity index (χ2v) is 3.81. The van der Waals surface area contributed by atoms with Crippen LogP contribution >= 0.6 is 0 Å². The Hall–Kier alpha value is -1.65. The molecule has 1 unspecified atom stereocenters. The van der Waals surface area contributed by atoms with Crippen molar-refractivity contribution in [1.82, 2.24) is 9.78 Å². The first-order valence-corrected chi connectivity index (χ1v) is 5.15. The Morgan fingerprint density at radius 1 is 1.31 bits per heavy atom. The Kier molecular flexibility index (Phi) is 2.77. The molecule has 0 radical (unpaired) electrons. The van der Waals surface area contributed by atoms with Crippen LogP contribution in [0, 0.1) is 0 Å². The molecule has 0 aliphatic heterocycles. The van der Waals surface area contributed by atoms with Crippen LogP contribution < -0.4 is 5.73 Å². The van der Waals surface area contributed by atoms with E-state index in [0.717, 1.165) is 5.56 Å². The summed E-state index contributed by atoms with van der Waals surface area (Å²) in [7, 11) is 1.81. The first kappa shape index (κ1) is 10.9. The number of benzene rings is 1. The van der Waals surface area contributed by atoms with Gasteiger partial charge in [0.1, 0.15) is 5.60 Å². The standard InChI is InChI=1S/C12H15N3O/c1-15-8-7-11(14-15)12(16,9-13)10-5-3-2-4-6-10/h2-8,16H,9,13H2,1H3. The van der Waals surface area contributed by atoms with Gasteiger partial charge in [0.25, 0.3) is 0 Å². The molecule has 0 bridgehead atoms. The SMILES string of the molecule is Cn1ccc(C(O)(CN)c2ccccc2)n1. The highest BCUT2D eigenvalue weighted by molar-refractivity contribution is 5.32. The molecule has 84 valence electrons. The molecule has 4 nitrogen and oxygen atoms in total. The summed E-state index contributed by atoms with van der Waals surface area (Å²) in [4.78, 5) is 0. The number of aryl methyl sites for hydroxylation is 1. The lowest BCUT2D eigenvalue weighted by Gasteiger charge is -2.24. The van der Waals surface area contributed by atoms with E-state index in [-0.39, 0.29) is 6.54 Å². The number of hydrogen-bond acceptors (Lipinski definition) is 3. The van der Waals surface area contributed by atoms with Crippen molar-refractivity contribution in [2.75, 3.05) is 6.54 Å². The monoisotopic (exact) mass is 217 g/mol. The van der Waals surface area contributed by atoms with Gasteiger partial charge < -0.3 is 10.8 Å². The van der Waals surface area contributed by atoms with Crippen molar-refractivity contribution in [3.63, 3.8) is 0 Å². The van der Waals surface area contributed by atoms with E-state index in [1.807, 2.05) is 37.4 Å². The van der Waals surface area contributed by atoms with E-state index in [0.29, 0.717) is 5.69 Å². The number of nitrogens with zero attached hydrogens (tertiary/aromatic N) is 2. The fourth-order valence-electron chi connectivity index (χ4n) is 1.72. The molecule has 0 aliphatic rings. The highest BCUT2D eigenvalue weighted by atomic mass is 16.3. The van der Waals surface area contributed by atoms with Gasteiger partial charge >= 0.3 is 0 Å². The largest absolute Gasteiger partial charge is 0.377 e. The Labute approximate surface area is 94.3 Å². The van der Waals surface area contributed by atoms with Gasteiger partial charge in [0.15, 0.2) is 0 Å². The van der Waals surface area contributed by atoms with Gasteiger partial charge in [0, 0.05) is 19.8 Å². The van der Waals surface area contributed by atoms with Crippen LogP contribution in [-0.4, -0.2) is 21.4 Å². The summed E-state index contributed by atoms with van der Waals surface area (Å²) in [6.07, 6.45) is 1.79. The van der Waals surface area contributed by atoms with Crippen LogP contribution in [0.5, 0.6) is 0 Å². The van der Waals surface area contributed by atoms with Gasteiger partial charge in [-0.1, -0.05) is 30.3 Å². The lowest BCUT2D eigenvalue weighted by atomic mass is 9.91. The molecule has 16 heavy (non-hydrogen) atoms. The number of hydrogen-bond donors (Lipinski definition) is 2. The minimum atomic E-state index is -1.21. The fourth-order valence-corrected chi connectivity index (χ4v) is 1.72. The second-order valence-electron chi connectivity index (χ2n) is 3.81. The highest BCUT2D eigenvalue weighted by Crippen LogP contribution is 2.26. The van der Waals surface area contributed by atoms with Crippen molar-refractivity contribution in [1.29, 1.82) is 0 Å². The molecule has 0 amide bonds. The number of aromatic nitrogens is 2. The van der Waals surface area contributed by atoms with Gasteiger partial charge in [-0.05, 0) is 11.6 Å². The van der Waals surface area contributed by atoms with Crippen molar-refractivity contribution in [2.45, 2.75) is 5.60 Å². The summed E-state index contributed by atoms with van der Waals surface area (Å²) in [5, 5.41) is 14.8. The van der Waals surface area contributed by atoms with Crippen LogP contribution in [-0.2, 0) is 12.6 Å². The quantitative estimate of drug-likeness (QED) is 0.792. The van der Waals surface area contributed by atoms with E-state index >= 15 is 0 Å². The Morgan fingerprint density at radius 3 is 2.50 bits per heavy atom. The van der Waals surface area contributed by atoms with E-state index in [2.05, 4.69) is 5.10 Å². The first-order chi connectivity index (χ1) is 7.66. The zero-order chi connectivity index (χ0) is 11.6. The lowest BCUT2D eigenvalue weighted by molar-refractivity contribution is 0.0849. The predicted molar refractivity (Wildman–Crippen MR) is 61.7 cm³/mol. The predicted octanol–water partition coefficient (Wildman–Crippen LogP) is 0.615. The van der Waals surface area contributed by atoms with Gasteiger partial charge in [-0.3, -0.25) is 4.68 Å². The Bertz CT molecular complexity index is 466.